The number of nitrogens with zero attached hydrogens (tertiary/aromatic N) is 1. The second-order valence-electron chi connectivity index (χ2n) is 4.30. The van der Waals surface area contributed by atoms with Crippen LogP contribution < -0.4 is 0 Å². The zero-order valence-corrected chi connectivity index (χ0v) is 12.8. The maximum atomic E-state index is 12.5. The van der Waals surface area contributed by atoms with E-state index in [1.807, 2.05) is 6.92 Å². The molecule has 0 fully saturated rings. The Kier molecular flexibility index (Phi) is 6.13. The summed E-state index contributed by atoms with van der Waals surface area (Å²) in [6.07, 6.45) is 0.584. The molecule has 0 radical (unpaired) electrons. The van der Waals surface area contributed by atoms with E-state index in [9.17, 15) is 18.3 Å². The van der Waals surface area contributed by atoms with Gasteiger partial charge in [-0.05, 0) is 24.6 Å². The summed E-state index contributed by atoms with van der Waals surface area (Å²) in [7, 11) is -2.71. The zero-order chi connectivity index (χ0) is 16.0. The van der Waals surface area contributed by atoms with E-state index < -0.39 is 16.0 Å². The Labute approximate surface area is 123 Å². The van der Waals surface area contributed by atoms with Crippen molar-refractivity contribution in [2.45, 2.75) is 18.2 Å². The predicted octanol–water partition coefficient (Wildman–Crippen LogP) is 0.572. The molecular weight excluding hydrogens is 298 g/mol. The molecule has 0 aliphatic heterocycles. The zero-order valence-electron chi connectivity index (χ0n) is 11.9. The van der Waals surface area contributed by atoms with Crippen LogP contribution in [0.5, 0.6) is 5.75 Å². The molecular formula is C13H19NO6S. The smallest absolute Gasteiger partial charge is 0.341 e. The molecule has 1 aromatic carbocycles. The van der Waals surface area contributed by atoms with Crippen LogP contribution in [0.1, 0.15) is 23.7 Å². The highest BCUT2D eigenvalue weighted by molar-refractivity contribution is 7.89. The molecule has 7 nitrogen and oxygen atoms in total. The second kappa shape index (κ2) is 7.39. The average molecular weight is 317 g/mol. The number of hydrogen-bond acceptors (Lipinski definition) is 6. The average Bonchev–Trinajstić information content (AvgIpc) is 2.46. The number of esters is 1. The fourth-order valence-electron chi connectivity index (χ4n) is 1.81. The summed E-state index contributed by atoms with van der Waals surface area (Å²) >= 11 is 0. The van der Waals surface area contributed by atoms with Gasteiger partial charge < -0.3 is 14.9 Å². The monoisotopic (exact) mass is 317 g/mol. The number of carbonyl (C=O) groups is 1. The second-order valence-corrected chi connectivity index (χ2v) is 6.24. The Morgan fingerprint density at radius 3 is 2.52 bits per heavy atom. The third kappa shape index (κ3) is 3.93. The van der Waals surface area contributed by atoms with Crippen LogP contribution >= 0.6 is 0 Å². The Bertz CT molecular complexity index is 593. The Morgan fingerprint density at radius 1 is 1.33 bits per heavy atom. The van der Waals surface area contributed by atoms with Gasteiger partial charge in [0.25, 0.3) is 0 Å². The van der Waals surface area contributed by atoms with E-state index in [4.69, 9.17) is 5.11 Å². The Hall–Kier alpha value is -1.64. The van der Waals surface area contributed by atoms with Crippen molar-refractivity contribution >= 4 is 16.0 Å². The van der Waals surface area contributed by atoms with Crippen molar-refractivity contribution in [2.24, 2.45) is 0 Å². The fourth-order valence-corrected chi connectivity index (χ4v) is 3.36. The maximum absolute atomic E-state index is 12.5. The van der Waals surface area contributed by atoms with Crippen LogP contribution in [0.3, 0.4) is 0 Å². The summed E-state index contributed by atoms with van der Waals surface area (Å²) in [4.78, 5) is 11.4. The van der Waals surface area contributed by atoms with E-state index in [-0.39, 0.29) is 35.9 Å². The number of rotatable bonds is 7. The normalized spacial score (nSPS) is 11.6. The first kappa shape index (κ1) is 17.4. The molecule has 0 aliphatic rings. The van der Waals surface area contributed by atoms with Gasteiger partial charge in [0.05, 0.1) is 18.6 Å². The minimum atomic E-state index is -3.85. The Morgan fingerprint density at radius 2 is 2.00 bits per heavy atom. The molecule has 1 rings (SSSR count). The number of benzene rings is 1. The number of aliphatic hydroxyl groups is 1. The van der Waals surface area contributed by atoms with E-state index in [1.165, 1.54) is 6.07 Å². The van der Waals surface area contributed by atoms with Crippen molar-refractivity contribution in [1.82, 2.24) is 4.31 Å². The molecule has 0 aliphatic carbocycles. The molecule has 118 valence electrons. The summed E-state index contributed by atoms with van der Waals surface area (Å²) in [6, 6.07) is 3.40. The number of ether oxygens (including phenoxy) is 1. The predicted molar refractivity (Wildman–Crippen MR) is 75.6 cm³/mol. The fraction of sp³-hybridized carbons (Fsp3) is 0.462. The lowest BCUT2D eigenvalue weighted by Gasteiger charge is -2.21. The molecule has 0 saturated heterocycles. The Balaban J connectivity index is 3.27. The molecule has 0 aromatic heterocycles. The molecule has 0 spiro atoms. The van der Waals surface area contributed by atoms with Gasteiger partial charge in [-0.15, -0.1) is 0 Å². The number of hydrogen-bond donors (Lipinski definition) is 2. The first-order valence-electron chi connectivity index (χ1n) is 6.40. The van der Waals surface area contributed by atoms with Crippen molar-refractivity contribution in [1.29, 1.82) is 0 Å². The first-order valence-corrected chi connectivity index (χ1v) is 7.84. The number of phenolic OH excluding ortho intramolecular Hbond substituents is 1. The van der Waals surface area contributed by atoms with Crippen molar-refractivity contribution in [3.63, 3.8) is 0 Å². The number of aromatic hydroxyl groups is 1. The minimum Gasteiger partial charge on any atom is -0.507 e. The molecule has 0 heterocycles. The van der Waals surface area contributed by atoms with E-state index in [0.29, 0.717) is 6.42 Å². The molecule has 2 N–H and O–H groups in total. The van der Waals surface area contributed by atoms with Gasteiger partial charge in [-0.3, -0.25) is 0 Å². The van der Waals surface area contributed by atoms with E-state index in [2.05, 4.69) is 4.74 Å². The van der Waals surface area contributed by atoms with Gasteiger partial charge >= 0.3 is 5.97 Å². The van der Waals surface area contributed by atoms with Gasteiger partial charge in [0.1, 0.15) is 11.3 Å². The van der Waals surface area contributed by atoms with E-state index in [0.717, 1.165) is 23.5 Å². The number of aliphatic hydroxyl groups excluding tert-OH is 1. The van der Waals surface area contributed by atoms with Gasteiger partial charge in [0.2, 0.25) is 10.0 Å². The number of phenols is 1. The summed E-state index contributed by atoms with van der Waals surface area (Å²) in [6.45, 7) is 1.72. The maximum Gasteiger partial charge on any atom is 0.341 e. The highest BCUT2D eigenvalue weighted by atomic mass is 32.2. The van der Waals surface area contributed by atoms with Crippen LogP contribution in [0.4, 0.5) is 0 Å². The lowest BCUT2D eigenvalue weighted by atomic mass is 10.2. The third-order valence-corrected chi connectivity index (χ3v) is 4.73. The van der Waals surface area contributed by atoms with E-state index in [1.54, 1.807) is 0 Å². The highest BCUT2D eigenvalue weighted by Gasteiger charge is 2.25. The molecule has 1 aromatic rings. The molecule has 0 atom stereocenters. The molecule has 0 unspecified atom stereocenters. The van der Waals surface area contributed by atoms with Crippen LogP contribution in [0.25, 0.3) is 0 Å². The van der Waals surface area contributed by atoms with Crippen LogP contribution in [-0.4, -0.2) is 55.7 Å². The van der Waals surface area contributed by atoms with Crippen LogP contribution in [0.15, 0.2) is 23.1 Å². The van der Waals surface area contributed by atoms with Gasteiger partial charge in [-0.2, -0.15) is 4.31 Å². The van der Waals surface area contributed by atoms with Crippen LogP contribution in [-0.2, 0) is 14.8 Å². The SMILES string of the molecule is CCCN(CCO)S(=O)(=O)c1ccc(O)c(C(=O)OC)c1. The van der Waals surface area contributed by atoms with Crippen molar-refractivity contribution < 1.29 is 28.2 Å². The quantitative estimate of drug-likeness (QED) is 0.713. The van der Waals surface area contributed by atoms with Crippen LogP contribution in [0, 0.1) is 0 Å². The minimum absolute atomic E-state index is 0.0371. The van der Waals surface area contributed by atoms with Gasteiger partial charge in [-0.1, -0.05) is 6.92 Å². The van der Waals surface area contributed by atoms with Gasteiger partial charge in [-0.25, -0.2) is 13.2 Å². The van der Waals surface area contributed by atoms with Crippen molar-refractivity contribution in [3.8, 4) is 5.75 Å². The first-order chi connectivity index (χ1) is 9.88. The summed E-state index contributed by atoms with van der Waals surface area (Å²) < 4.78 is 30.6. The molecule has 0 amide bonds. The van der Waals surface area contributed by atoms with E-state index >= 15 is 0 Å². The molecule has 21 heavy (non-hydrogen) atoms. The largest absolute Gasteiger partial charge is 0.507 e. The van der Waals surface area contributed by atoms with Crippen molar-refractivity contribution in [2.75, 3.05) is 26.8 Å². The number of methoxy groups -OCH3 is 1. The highest BCUT2D eigenvalue weighted by Crippen LogP contribution is 2.24. The summed E-state index contributed by atoms with van der Waals surface area (Å²) in [5.41, 5.74) is -0.223. The summed E-state index contributed by atoms with van der Waals surface area (Å²) in [5.74, 6) is -1.18. The molecule has 0 bridgehead atoms. The molecule has 0 saturated carbocycles. The summed E-state index contributed by atoms with van der Waals surface area (Å²) in [5, 5.41) is 18.6. The lowest BCUT2D eigenvalue weighted by molar-refractivity contribution is 0.0597. The third-order valence-electron chi connectivity index (χ3n) is 2.83. The topological polar surface area (TPSA) is 104 Å². The standard InChI is InChI=1S/C13H19NO6S/c1-3-6-14(7-8-15)21(18,19)10-4-5-12(16)11(9-10)13(17)20-2/h4-5,9,15-16H,3,6-8H2,1-2H3. The van der Waals surface area contributed by atoms with Crippen LogP contribution in [0.2, 0.25) is 0 Å². The number of carbonyl (C=O) groups excluding carboxylic acids is 1. The van der Waals surface area contributed by atoms with Gasteiger partial charge in [0.15, 0.2) is 0 Å². The lowest BCUT2D eigenvalue weighted by Crippen LogP contribution is -2.34. The number of sulfonamides is 1. The van der Waals surface area contributed by atoms with Crippen molar-refractivity contribution in [3.05, 3.63) is 23.8 Å². The van der Waals surface area contributed by atoms with Gasteiger partial charge in [0, 0.05) is 13.1 Å². The molecule has 8 heteroatoms.